The average molecular weight is 374 g/mol. The molecule has 27 heavy (non-hydrogen) atoms. The highest BCUT2D eigenvalue weighted by Crippen LogP contribution is 2.43. The largest absolute Gasteiger partial charge is 0.497 e. The van der Waals surface area contributed by atoms with E-state index in [0.717, 1.165) is 24.3 Å². The van der Waals surface area contributed by atoms with Gasteiger partial charge >= 0.3 is 0 Å². The molecule has 0 radical (unpaired) electrons. The maximum atomic E-state index is 6.12. The Morgan fingerprint density at radius 2 is 1.78 bits per heavy atom. The Morgan fingerprint density at radius 1 is 1.07 bits per heavy atom. The minimum absolute atomic E-state index is 0.260. The van der Waals surface area contributed by atoms with E-state index in [0.29, 0.717) is 5.92 Å². The summed E-state index contributed by atoms with van der Waals surface area (Å²) in [5, 5.41) is 0. The van der Waals surface area contributed by atoms with Crippen LogP contribution in [0, 0.1) is 5.92 Å². The van der Waals surface area contributed by atoms with Gasteiger partial charge in [0.25, 0.3) is 0 Å². The fourth-order valence-electron chi connectivity index (χ4n) is 5.49. The van der Waals surface area contributed by atoms with E-state index in [1.54, 1.807) is 7.11 Å². The van der Waals surface area contributed by atoms with E-state index < -0.39 is 0 Å². The lowest BCUT2D eigenvalue weighted by Crippen LogP contribution is -2.42. The van der Waals surface area contributed by atoms with Gasteiger partial charge in [0, 0.05) is 31.7 Å². The monoisotopic (exact) mass is 373 g/mol. The molecule has 1 spiro atoms. The van der Waals surface area contributed by atoms with E-state index >= 15 is 0 Å². The molecule has 1 unspecified atom stereocenters. The van der Waals surface area contributed by atoms with E-state index in [1.807, 2.05) is 13.8 Å². The van der Waals surface area contributed by atoms with Crippen LogP contribution in [0.25, 0.3) is 0 Å². The number of rotatable bonds is 4. The summed E-state index contributed by atoms with van der Waals surface area (Å²) in [4.78, 5) is 2.80. The van der Waals surface area contributed by atoms with Crippen molar-refractivity contribution in [2.24, 2.45) is 5.92 Å². The Labute approximate surface area is 166 Å². The molecule has 2 saturated heterocycles. The lowest BCUT2D eigenvalue weighted by atomic mass is 9.80. The molecule has 1 aliphatic carbocycles. The molecule has 3 heteroatoms. The normalized spacial score (nSPS) is 33.7. The summed E-state index contributed by atoms with van der Waals surface area (Å²) in [6.07, 6.45) is 9.04. The molecular formula is C24H39NO2. The van der Waals surface area contributed by atoms with Gasteiger partial charge in [-0.3, -0.25) is 4.90 Å². The number of ether oxygens (including phenoxy) is 2. The lowest BCUT2D eigenvalue weighted by Gasteiger charge is -2.40. The third kappa shape index (κ3) is 4.51. The van der Waals surface area contributed by atoms with Crippen LogP contribution >= 0.6 is 0 Å². The third-order valence-electron chi connectivity index (χ3n) is 7.11. The van der Waals surface area contributed by atoms with Gasteiger partial charge in [-0.1, -0.05) is 39.3 Å². The van der Waals surface area contributed by atoms with E-state index in [-0.39, 0.29) is 5.60 Å². The van der Waals surface area contributed by atoms with Crippen molar-refractivity contribution in [2.45, 2.75) is 83.3 Å². The van der Waals surface area contributed by atoms with Crippen molar-refractivity contribution in [1.29, 1.82) is 0 Å². The summed E-state index contributed by atoms with van der Waals surface area (Å²) in [5.74, 6) is 2.42. The highest BCUT2D eigenvalue weighted by atomic mass is 16.5. The molecule has 0 N–H and O–H groups in total. The van der Waals surface area contributed by atoms with E-state index in [4.69, 9.17) is 9.47 Å². The van der Waals surface area contributed by atoms with Crippen molar-refractivity contribution in [3.63, 3.8) is 0 Å². The predicted octanol–water partition coefficient (Wildman–Crippen LogP) is 5.64. The van der Waals surface area contributed by atoms with Gasteiger partial charge in [-0.2, -0.15) is 0 Å². The molecule has 1 saturated carbocycles. The van der Waals surface area contributed by atoms with Gasteiger partial charge in [0.15, 0.2) is 0 Å². The Bertz CT molecular complexity index is 554. The van der Waals surface area contributed by atoms with Crippen molar-refractivity contribution in [3.8, 4) is 5.75 Å². The van der Waals surface area contributed by atoms with Crippen molar-refractivity contribution in [2.75, 3.05) is 26.8 Å². The first-order chi connectivity index (χ1) is 13.2. The molecule has 0 bridgehead atoms. The van der Waals surface area contributed by atoms with Gasteiger partial charge in [-0.15, -0.1) is 0 Å². The summed E-state index contributed by atoms with van der Waals surface area (Å²) in [6.45, 7) is 9.84. The van der Waals surface area contributed by atoms with E-state index in [1.165, 1.54) is 63.6 Å². The Hall–Kier alpha value is -1.06. The van der Waals surface area contributed by atoms with Crippen LogP contribution < -0.4 is 4.74 Å². The van der Waals surface area contributed by atoms with Crippen molar-refractivity contribution < 1.29 is 9.47 Å². The summed E-state index contributed by atoms with van der Waals surface area (Å²) in [5.41, 5.74) is 1.75. The SMILES string of the molecule is CC.CCC1CN(C2CCC3(CCCO3)CC2)C[C@H]1c1ccc(OC)cc1. The van der Waals surface area contributed by atoms with E-state index in [9.17, 15) is 0 Å². The van der Waals surface area contributed by atoms with Crippen molar-refractivity contribution in [1.82, 2.24) is 4.90 Å². The smallest absolute Gasteiger partial charge is 0.118 e. The van der Waals surface area contributed by atoms with Crippen molar-refractivity contribution in [3.05, 3.63) is 29.8 Å². The maximum absolute atomic E-state index is 6.12. The lowest BCUT2D eigenvalue weighted by molar-refractivity contribution is -0.0405. The fourth-order valence-corrected chi connectivity index (χ4v) is 5.49. The van der Waals surface area contributed by atoms with Gasteiger partial charge in [0.05, 0.1) is 12.7 Å². The molecule has 0 amide bonds. The van der Waals surface area contributed by atoms with Crippen LogP contribution in [-0.2, 0) is 4.74 Å². The highest BCUT2D eigenvalue weighted by Gasteiger charge is 2.42. The number of hydrogen-bond acceptors (Lipinski definition) is 3. The second kappa shape index (κ2) is 9.43. The molecule has 3 aliphatic rings. The Kier molecular flexibility index (Phi) is 7.22. The molecule has 1 aromatic carbocycles. The topological polar surface area (TPSA) is 21.7 Å². The van der Waals surface area contributed by atoms with Crippen LogP contribution in [0.3, 0.4) is 0 Å². The quantitative estimate of drug-likeness (QED) is 0.682. The minimum atomic E-state index is 0.260. The molecule has 2 atom stereocenters. The van der Waals surface area contributed by atoms with Crippen LogP contribution in [0.2, 0.25) is 0 Å². The number of nitrogens with zero attached hydrogens (tertiary/aromatic N) is 1. The average Bonchev–Trinajstić information content (AvgIpc) is 3.38. The van der Waals surface area contributed by atoms with Gasteiger partial charge in [0.2, 0.25) is 0 Å². The zero-order chi connectivity index (χ0) is 19.3. The minimum Gasteiger partial charge on any atom is -0.497 e. The molecular weight excluding hydrogens is 334 g/mol. The van der Waals surface area contributed by atoms with Crippen LogP contribution in [0.4, 0.5) is 0 Å². The van der Waals surface area contributed by atoms with E-state index in [2.05, 4.69) is 36.1 Å². The van der Waals surface area contributed by atoms with Gasteiger partial charge in [0.1, 0.15) is 5.75 Å². The summed E-state index contributed by atoms with van der Waals surface area (Å²) in [6, 6.07) is 9.56. The predicted molar refractivity (Wildman–Crippen MR) is 113 cm³/mol. The molecule has 2 aliphatic heterocycles. The van der Waals surface area contributed by atoms with Crippen LogP contribution in [-0.4, -0.2) is 43.3 Å². The van der Waals surface area contributed by atoms with Crippen LogP contribution in [0.1, 0.15) is 77.2 Å². The fraction of sp³-hybridized carbons (Fsp3) is 0.750. The number of methoxy groups -OCH3 is 1. The molecule has 152 valence electrons. The van der Waals surface area contributed by atoms with Gasteiger partial charge in [-0.05, 0) is 62.1 Å². The second-order valence-corrected chi connectivity index (χ2v) is 8.37. The zero-order valence-electron chi connectivity index (χ0n) is 17.9. The van der Waals surface area contributed by atoms with Crippen LogP contribution in [0.5, 0.6) is 5.75 Å². The molecule has 1 aromatic rings. The molecule has 3 nitrogen and oxygen atoms in total. The first kappa shape index (κ1) is 20.7. The first-order valence-corrected chi connectivity index (χ1v) is 11.2. The molecule has 4 rings (SSSR count). The standard InChI is InChI=1S/C22H33NO2.C2H6/c1-3-17-15-23(16-21(17)18-5-7-20(24-2)8-6-18)19-9-12-22(13-10-19)11-4-14-25-22;1-2/h5-8,17,19,21H,3-4,9-16H2,1-2H3;1-2H3/t17?,19?,21-,22?;/m1./s1. The number of hydrogen-bond donors (Lipinski definition) is 0. The molecule has 2 heterocycles. The molecule has 0 aromatic heterocycles. The Balaban J connectivity index is 0.00000102. The summed E-state index contributed by atoms with van der Waals surface area (Å²) >= 11 is 0. The Morgan fingerprint density at radius 3 is 2.33 bits per heavy atom. The van der Waals surface area contributed by atoms with Crippen molar-refractivity contribution >= 4 is 0 Å². The molecule has 3 fully saturated rings. The third-order valence-corrected chi connectivity index (χ3v) is 7.11. The van der Waals surface area contributed by atoms with Gasteiger partial charge in [-0.25, -0.2) is 0 Å². The number of benzene rings is 1. The zero-order valence-corrected chi connectivity index (χ0v) is 17.9. The maximum Gasteiger partial charge on any atom is 0.118 e. The second-order valence-electron chi connectivity index (χ2n) is 8.37. The summed E-state index contributed by atoms with van der Waals surface area (Å²) < 4.78 is 11.4. The first-order valence-electron chi connectivity index (χ1n) is 11.2. The summed E-state index contributed by atoms with van der Waals surface area (Å²) in [7, 11) is 1.74. The van der Waals surface area contributed by atoms with Gasteiger partial charge < -0.3 is 9.47 Å². The number of likely N-dealkylation sites (tertiary alicyclic amines) is 1. The highest BCUT2D eigenvalue weighted by molar-refractivity contribution is 5.30. The van der Waals surface area contributed by atoms with Crippen LogP contribution in [0.15, 0.2) is 24.3 Å².